The van der Waals surface area contributed by atoms with E-state index in [4.69, 9.17) is 4.74 Å². The second-order valence-electron chi connectivity index (χ2n) is 11.9. The van der Waals surface area contributed by atoms with Gasteiger partial charge in [0.15, 0.2) is 0 Å². The molecule has 0 aliphatic carbocycles. The van der Waals surface area contributed by atoms with Gasteiger partial charge in [0, 0.05) is 78.7 Å². The van der Waals surface area contributed by atoms with Crippen LogP contribution in [0.1, 0.15) is 45.6 Å². The van der Waals surface area contributed by atoms with Crippen LogP contribution in [-0.4, -0.2) is 79.0 Å². The summed E-state index contributed by atoms with van der Waals surface area (Å²) in [6.07, 6.45) is -2.91. The number of anilines is 2. The molecule has 0 saturated carbocycles. The molecule has 43 heavy (non-hydrogen) atoms. The molecule has 2 fully saturated rings. The van der Waals surface area contributed by atoms with E-state index in [0.717, 1.165) is 29.1 Å². The molecule has 2 aromatic carbocycles. The molecule has 0 radical (unpaired) electrons. The van der Waals surface area contributed by atoms with E-state index in [-0.39, 0.29) is 50.7 Å². The Morgan fingerprint density at radius 2 is 1.65 bits per heavy atom. The van der Waals surface area contributed by atoms with Crippen molar-refractivity contribution in [1.82, 2.24) is 9.80 Å². The van der Waals surface area contributed by atoms with Crippen LogP contribution in [0.2, 0.25) is 0 Å². The van der Waals surface area contributed by atoms with Crippen LogP contribution >= 0.6 is 27.7 Å². The monoisotopic (exact) mass is 684 g/mol. The van der Waals surface area contributed by atoms with Crippen LogP contribution in [0, 0.1) is 5.92 Å². The zero-order valence-corrected chi connectivity index (χ0v) is 27.3. The number of piperidine rings is 1. The molecule has 0 bridgehead atoms. The Bertz CT molecular complexity index is 1260. The Morgan fingerprint density at radius 3 is 2.28 bits per heavy atom. The average molecular weight is 686 g/mol. The second kappa shape index (κ2) is 14.5. The summed E-state index contributed by atoms with van der Waals surface area (Å²) in [5.74, 6) is 1.56. The highest BCUT2D eigenvalue weighted by Crippen LogP contribution is 2.39. The van der Waals surface area contributed by atoms with Crippen molar-refractivity contribution < 1.29 is 27.5 Å². The smallest absolute Gasteiger partial charge is 0.418 e. The summed E-state index contributed by atoms with van der Waals surface area (Å²) in [5, 5.41) is 3.01. The fraction of sp³-hybridized carbons (Fsp3) is 0.548. The first kappa shape index (κ1) is 33.3. The van der Waals surface area contributed by atoms with Crippen LogP contribution in [0.25, 0.3) is 0 Å². The third-order valence-corrected chi connectivity index (χ3v) is 9.78. The molecular weight excluding hydrogens is 645 g/mol. The molecule has 236 valence electrons. The minimum absolute atomic E-state index is 0.0138. The third kappa shape index (κ3) is 9.69. The van der Waals surface area contributed by atoms with E-state index in [9.17, 15) is 22.8 Å². The Morgan fingerprint density at radius 1 is 0.977 bits per heavy atom. The van der Waals surface area contributed by atoms with E-state index < -0.39 is 23.4 Å². The van der Waals surface area contributed by atoms with Gasteiger partial charge in [0.1, 0.15) is 5.60 Å². The molecule has 2 amide bonds. The number of alkyl halides is 3. The lowest BCUT2D eigenvalue weighted by molar-refractivity contribution is -0.137. The van der Waals surface area contributed by atoms with E-state index in [1.165, 1.54) is 15.9 Å². The van der Waals surface area contributed by atoms with Crippen molar-refractivity contribution in [3.05, 3.63) is 52.5 Å². The topological polar surface area (TPSA) is 65.1 Å². The van der Waals surface area contributed by atoms with Crippen LogP contribution in [0.15, 0.2) is 51.8 Å². The molecule has 0 aromatic heterocycles. The molecule has 0 atom stereocenters. The maximum absolute atomic E-state index is 14.1. The molecule has 0 spiro atoms. The molecule has 12 heteroatoms. The second-order valence-corrected chi connectivity index (χ2v) is 13.8. The summed E-state index contributed by atoms with van der Waals surface area (Å²) in [6.45, 7) is 8.06. The van der Waals surface area contributed by atoms with Crippen molar-refractivity contribution in [2.45, 2.75) is 56.7 Å². The highest BCUT2D eigenvalue weighted by Gasteiger charge is 2.36. The van der Waals surface area contributed by atoms with E-state index in [1.807, 2.05) is 34.9 Å². The summed E-state index contributed by atoms with van der Waals surface area (Å²) in [5.41, 5.74) is -0.975. The van der Waals surface area contributed by atoms with Gasteiger partial charge in [-0.25, -0.2) is 4.79 Å². The van der Waals surface area contributed by atoms with Crippen LogP contribution in [0.4, 0.5) is 29.3 Å². The van der Waals surface area contributed by atoms with E-state index in [0.29, 0.717) is 24.7 Å². The largest absolute Gasteiger partial charge is 0.444 e. The normalized spacial score (nSPS) is 16.8. The first-order valence-corrected chi connectivity index (χ1v) is 16.4. The minimum Gasteiger partial charge on any atom is -0.444 e. The molecular formula is C31H40BrF3N4O3S. The first-order valence-electron chi connectivity index (χ1n) is 14.6. The quantitative estimate of drug-likeness (QED) is 0.293. The number of carbonyl (C=O) groups is 2. The van der Waals surface area contributed by atoms with Crippen molar-refractivity contribution in [3.63, 3.8) is 0 Å². The number of carbonyl (C=O) groups excluding carboxylic acids is 2. The number of thioether (sulfide) groups is 1. The number of nitrogens with zero attached hydrogens (tertiary/aromatic N) is 3. The van der Waals surface area contributed by atoms with Gasteiger partial charge >= 0.3 is 12.3 Å². The lowest BCUT2D eigenvalue weighted by Gasteiger charge is -2.37. The predicted octanol–water partition coefficient (Wildman–Crippen LogP) is 7.36. The van der Waals surface area contributed by atoms with Gasteiger partial charge in [-0.05, 0) is 85.8 Å². The Kier molecular flexibility index (Phi) is 11.2. The number of ether oxygens (including phenoxy) is 1. The zero-order valence-electron chi connectivity index (χ0n) is 24.9. The SMILES string of the molecule is CC(C)(C)OC(=O)N1CCN(c2ccc(NCCC(=O)N3CCC(CSc4ccccc4Br)CC3)cc2C(F)(F)F)CC1. The van der Waals surface area contributed by atoms with Gasteiger partial charge in [0.2, 0.25) is 5.91 Å². The minimum atomic E-state index is -4.55. The summed E-state index contributed by atoms with van der Waals surface area (Å²) in [4.78, 5) is 31.4. The van der Waals surface area contributed by atoms with Crippen molar-refractivity contribution in [2.75, 3.05) is 61.8 Å². The molecule has 0 unspecified atom stereocenters. The Labute approximate surface area is 264 Å². The van der Waals surface area contributed by atoms with Gasteiger partial charge in [0.05, 0.1) is 5.56 Å². The number of benzene rings is 2. The molecule has 2 aliphatic rings. The lowest BCUT2D eigenvalue weighted by Crippen LogP contribution is -2.50. The summed E-state index contributed by atoms with van der Waals surface area (Å²) in [6, 6.07) is 12.3. The van der Waals surface area contributed by atoms with Crippen LogP contribution < -0.4 is 10.2 Å². The fourth-order valence-electron chi connectivity index (χ4n) is 5.20. The number of hydrogen-bond acceptors (Lipinski definition) is 6. The highest BCUT2D eigenvalue weighted by atomic mass is 79.9. The highest BCUT2D eigenvalue weighted by molar-refractivity contribution is 9.10. The third-order valence-electron chi connectivity index (χ3n) is 7.52. The number of rotatable bonds is 8. The number of piperazine rings is 1. The number of amides is 2. The summed E-state index contributed by atoms with van der Waals surface area (Å²) < 4.78 is 48.7. The van der Waals surface area contributed by atoms with Gasteiger partial charge in [-0.15, -0.1) is 11.8 Å². The van der Waals surface area contributed by atoms with Gasteiger partial charge in [0.25, 0.3) is 0 Å². The van der Waals surface area contributed by atoms with Gasteiger partial charge < -0.3 is 24.8 Å². The summed E-state index contributed by atoms with van der Waals surface area (Å²) >= 11 is 5.41. The predicted molar refractivity (Wildman–Crippen MR) is 169 cm³/mol. The number of likely N-dealkylation sites (tertiary alicyclic amines) is 1. The van der Waals surface area contributed by atoms with Gasteiger partial charge in [-0.3, -0.25) is 4.79 Å². The fourth-order valence-corrected chi connectivity index (χ4v) is 6.95. The first-order chi connectivity index (χ1) is 20.3. The Hall–Kier alpha value is -2.60. The number of nitrogens with one attached hydrogen (secondary N) is 1. The molecule has 2 aromatic rings. The van der Waals surface area contributed by atoms with E-state index in [2.05, 4.69) is 27.3 Å². The van der Waals surface area contributed by atoms with Crippen molar-refractivity contribution in [3.8, 4) is 0 Å². The lowest BCUT2D eigenvalue weighted by atomic mass is 9.99. The van der Waals surface area contributed by atoms with Crippen molar-refractivity contribution in [1.29, 1.82) is 0 Å². The van der Waals surface area contributed by atoms with E-state index >= 15 is 0 Å². The van der Waals surface area contributed by atoms with Crippen molar-refractivity contribution >= 4 is 51.1 Å². The molecule has 4 rings (SSSR count). The van der Waals surface area contributed by atoms with Crippen LogP contribution in [-0.2, 0) is 15.7 Å². The van der Waals surface area contributed by atoms with Gasteiger partial charge in [-0.2, -0.15) is 13.2 Å². The molecule has 2 heterocycles. The number of halogens is 4. The molecule has 7 nitrogen and oxygen atoms in total. The zero-order chi connectivity index (χ0) is 31.2. The van der Waals surface area contributed by atoms with Crippen molar-refractivity contribution in [2.24, 2.45) is 5.92 Å². The number of hydrogen-bond donors (Lipinski definition) is 1. The maximum Gasteiger partial charge on any atom is 0.418 e. The van der Waals surface area contributed by atoms with E-state index in [1.54, 1.807) is 31.7 Å². The average Bonchev–Trinajstić information content (AvgIpc) is 2.96. The molecule has 2 saturated heterocycles. The molecule has 2 aliphatic heterocycles. The van der Waals surface area contributed by atoms with Crippen LogP contribution in [0.5, 0.6) is 0 Å². The summed E-state index contributed by atoms with van der Waals surface area (Å²) in [7, 11) is 0. The Balaban J connectivity index is 1.24. The maximum atomic E-state index is 14.1. The molecule has 1 N–H and O–H groups in total. The van der Waals surface area contributed by atoms with Gasteiger partial charge in [-0.1, -0.05) is 12.1 Å². The standard InChI is InChI=1S/C31H40BrF3N4O3S/c1-30(2,3)42-29(41)39-18-16-37(17-19-39)26-9-8-23(20-24(26)31(33,34)35)36-13-10-28(40)38-14-11-22(12-15-38)21-43-27-7-5-4-6-25(27)32/h4-9,20,22,36H,10-19,21H2,1-3H3. The van der Waals surface area contributed by atoms with Crippen LogP contribution in [0.3, 0.4) is 0 Å².